The van der Waals surface area contributed by atoms with Crippen molar-refractivity contribution in [2.75, 3.05) is 51.3 Å². The van der Waals surface area contributed by atoms with E-state index in [4.69, 9.17) is 9.73 Å². The number of ether oxygens (including phenoxy) is 1. The number of rotatable bonds is 6. The van der Waals surface area contributed by atoms with E-state index in [1.165, 1.54) is 12.8 Å². The molecular weight excluding hydrogens is 480 g/mol. The SMILES string of the molecule is C1CCOC1.CCC(=Nc1ccc(N2CCN(C(C)C)CC2)cn1)c1c(O)[nH]c2ccc(C(=O)NC)cc12. The fourth-order valence-corrected chi connectivity index (χ4v) is 4.84. The van der Waals surface area contributed by atoms with Gasteiger partial charge in [0.05, 0.1) is 23.2 Å². The number of benzene rings is 1. The van der Waals surface area contributed by atoms with E-state index in [0.29, 0.717) is 35.1 Å². The van der Waals surface area contributed by atoms with Crippen LogP contribution in [0.5, 0.6) is 5.88 Å². The number of hydrogen-bond donors (Lipinski definition) is 3. The molecule has 1 amide bonds. The third kappa shape index (κ3) is 6.52. The van der Waals surface area contributed by atoms with Crippen LogP contribution < -0.4 is 10.2 Å². The van der Waals surface area contributed by atoms with Gasteiger partial charge in [0, 0.05) is 68.9 Å². The van der Waals surface area contributed by atoms with Crippen molar-refractivity contribution in [3.63, 3.8) is 0 Å². The Morgan fingerprint density at radius 2 is 1.89 bits per heavy atom. The van der Waals surface area contributed by atoms with E-state index in [1.807, 2.05) is 19.2 Å². The van der Waals surface area contributed by atoms with Crippen molar-refractivity contribution in [3.8, 4) is 5.88 Å². The maximum Gasteiger partial charge on any atom is 0.251 e. The summed E-state index contributed by atoms with van der Waals surface area (Å²) in [6.45, 7) is 12.5. The van der Waals surface area contributed by atoms with Crippen LogP contribution in [-0.4, -0.2) is 84.1 Å². The van der Waals surface area contributed by atoms with Crippen molar-refractivity contribution in [2.24, 2.45) is 4.99 Å². The van der Waals surface area contributed by atoms with Crippen LogP contribution >= 0.6 is 0 Å². The second-order valence-electron chi connectivity index (χ2n) is 9.91. The number of aromatic hydroxyl groups is 1. The van der Waals surface area contributed by atoms with Gasteiger partial charge in [0.2, 0.25) is 0 Å². The molecular formula is C29H40N6O3. The van der Waals surface area contributed by atoms with E-state index in [-0.39, 0.29) is 11.8 Å². The Morgan fingerprint density at radius 3 is 2.45 bits per heavy atom. The molecule has 0 unspecified atom stereocenters. The van der Waals surface area contributed by atoms with Crippen molar-refractivity contribution in [3.05, 3.63) is 47.7 Å². The van der Waals surface area contributed by atoms with Crippen LogP contribution in [0.1, 0.15) is 56.0 Å². The molecule has 0 saturated carbocycles. The summed E-state index contributed by atoms with van der Waals surface area (Å²) in [4.78, 5) is 29.2. The van der Waals surface area contributed by atoms with Gasteiger partial charge in [-0.1, -0.05) is 6.92 Å². The van der Waals surface area contributed by atoms with Gasteiger partial charge in [0.15, 0.2) is 11.7 Å². The lowest BCUT2D eigenvalue weighted by atomic mass is 10.0. The first-order chi connectivity index (χ1) is 18.4. The zero-order valence-corrected chi connectivity index (χ0v) is 23.0. The van der Waals surface area contributed by atoms with Gasteiger partial charge >= 0.3 is 0 Å². The standard InChI is InChI=1S/C25H32N6O2.C4H8O/c1-5-20(23-19-14-17(24(32)26-4)6-8-21(19)29-25(23)33)28-22-9-7-18(15-27-22)31-12-10-30(11-13-31)16(2)3;1-2-4-5-3-1/h6-9,14-16,29,33H,5,10-13H2,1-4H3,(H,26,32);1-4H2. The predicted molar refractivity (Wildman–Crippen MR) is 153 cm³/mol. The van der Waals surface area contributed by atoms with Crippen molar-refractivity contribution < 1.29 is 14.6 Å². The number of H-pyrrole nitrogens is 1. The summed E-state index contributed by atoms with van der Waals surface area (Å²) in [6, 6.07) is 9.85. The number of carbonyl (C=O) groups is 1. The Balaban J connectivity index is 0.000000603. The van der Waals surface area contributed by atoms with Gasteiger partial charge in [-0.25, -0.2) is 9.98 Å². The largest absolute Gasteiger partial charge is 0.494 e. The average molecular weight is 521 g/mol. The number of pyridine rings is 1. The lowest BCUT2D eigenvalue weighted by Gasteiger charge is -2.37. The minimum Gasteiger partial charge on any atom is -0.494 e. The third-order valence-corrected chi connectivity index (χ3v) is 7.11. The smallest absolute Gasteiger partial charge is 0.251 e. The minimum absolute atomic E-state index is 0.0410. The van der Waals surface area contributed by atoms with E-state index in [0.717, 1.165) is 56.0 Å². The van der Waals surface area contributed by atoms with E-state index < -0.39 is 0 Å². The van der Waals surface area contributed by atoms with Crippen molar-refractivity contribution in [1.29, 1.82) is 0 Å². The highest BCUT2D eigenvalue weighted by atomic mass is 16.5. The highest BCUT2D eigenvalue weighted by Crippen LogP contribution is 2.31. The van der Waals surface area contributed by atoms with Gasteiger partial charge in [-0.05, 0) is 63.4 Å². The van der Waals surface area contributed by atoms with Gasteiger partial charge in [-0.3, -0.25) is 9.69 Å². The molecule has 3 aromatic rings. The van der Waals surface area contributed by atoms with Crippen LogP contribution in [0.4, 0.5) is 11.5 Å². The molecule has 38 heavy (non-hydrogen) atoms. The van der Waals surface area contributed by atoms with Gasteiger partial charge in [-0.2, -0.15) is 0 Å². The monoisotopic (exact) mass is 520 g/mol. The zero-order chi connectivity index (χ0) is 27.1. The summed E-state index contributed by atoms with van der Waals surface area (Å²) in [5, 5.41) is 14.0. The first-order valence-corrected chi connectivity index (χ1v) is 13.6. The third-order valence-electron chi connectivity index (χ3n) is 7.11. The normalized spacial score (nSPS) is 16.6. The lowest BCUT2D eigenvalue weighted by Crippen LogP contribution is -2.48. The van der Waals surface area contributed by atoms with Crippen LogP contribution in [0.3, 0.4) is 0 Å². The van der Waals surface area contributed by atoms with Crippen molar-refractivity contribution in [1.82, 2.24) is 20.2 Å². The first kappa shape index (κ1) is 27.6. The number of nitrogens with zero attached hydrogens (tertiary/aromatic N) is 4. The molecule has 0 spiro atoms. The number of piperazine rings is 1. The summed E-state index contributed by atoms with van der Waals surface area (Å²) in [5.74, 6) is 0.455. The molecule has 0 bridgehead atoms. The number of fused-ring (bicyclic) bond motifs is 1. The number of amides is 1. The molecule has 2 aliphatic heterocycles. The zero-order valence-electron chi connectivity index (χ0n) is 23.0. The van der Waals surface area contributed by atoms with Crippen molar-refractivity contribution in [2.45, 2.75) is 46.1 Å². The van der Waals surface area contributed by atoms with Gasteiger partial charge in [0.25, 0.3) is 5.91 Å². The lowest BCUT2D eigenvalue weighted by molar-refractivity contribution is 0.0963. The number of anilines is 1. The molecule has 9 nitrogen and oxygen atoms in total. The molecule has 2 fully saturated rings. The van der Waals surface area contributed by atoms with Gasteiger partial charge in [-0.15, -0.1) is 0 Å². The summed E-state index contributed by atoms with van der Waals surface area (Å²) >= 11 is 0. The Hall–Kier alpha value is -3.43. The average Bonchev–Trinajstić information content (AvgIpc) is 3.63. The highest BCUT2D eigenvalue weighted by Gasteiger charge is 2.20. The molecule has 0 aliphatic carbocycles. The number of hydrogen-bond acceptors (Lipinski definition) is 7. The van der Waals surface area contributed by atoms with Crippen molar-refractivity contribution >= 4 is 34.0 Å². The molecule has 0 atom stereocenters. The second kappa shape index (κ2) is 12.9. The Bertz CT molecular complexity index is 1230. The number of aromatic amines is 1. The number of nitrogens with one attached hydrogen (secondary N) is 2. The highest BCUT2D eigenvalue weighted by molar-refractivity contribution is 6.14. The van der Waals surface area contributed by atoms with Crippen LogP contribution in [-0.2, 0) is 4.74 Å². The first-order valence-electron chi connectivity index (χ1n) is 13.6. The molecule has 2 aromatic heterocycles. The van der Waals surface area contributed by atoms with Gasteiger partial charge in [0.1, 0.15) is 0 Å². The van der Waals surface area contributed by atoms with Gasteiger partial charge < -0.3 is 25.0 Å². The van der Waals surface area contributed by atoms with Crippen LogP contribution in [0.15, 0.2) is 41.5 Å². The molecule has 1 aromatic carbocycles. The summed E-state index contributed by atoms with van der Waals surface area (Å²) < 4.78 is 4.94. The van der Waals surface area contributed by atoms with Crippen LogP contribution in [0.2, 0.25) is 0 Å². The molecule has 2 saturated heterocycles. The van der Waals surface area contributed by atoms with E-state index in [9.17, 15) is 9.90 Å². The fraction of sp³-hybridized carbons (Fsp3) is 0.483. The number of aromatic nitrogens is 2. The van der Waals surface area contributed by atoms with Crippen LogP contribution in [0, 0.1) is 0 Å². The number of aliphatic imine (C=N–C) groups is 1. The maximum atomic E-state index is 12.1. The van der Waals surface area contributed by atoms with E-state index >= 15 is 0 Å². The maximum absolute atomic E-state index is 12.1. The molecule has 3 N–H and O–H groups in total. The molecule has 5 rings (SSSR count). The Morgan fingerprint density at radius 1 is 1.16 bits per heavy atom. The Kier molecular flexibility index (Phi) is 9.36. The summed E-state index contributed by atoms with van der Waals surface area (Å²) in [7, 11) is 1.60. The van der Waals surface area contributed by atoms with E-state index in [2.05, 4.69) is 45.0 Å². The predicted octanol–water partition coefficient (Wildman–Crippen LogP) is 4.49. The molecule has 204 valence electrons. The van der Waals surface area contributed by atoms with Crippen LogP contribution in [0.25, 0.3) is 10.9 Å². The summed E-state index contributed by atoms with van der Waals surface area (Å²) in [6.07, 6.45) is 5.03. The molecule has 2 aliphatic rings. The van der Waals surface area contributed by atoms with E-state index in [1.54, 1.807) is 25.2 Å². The quantitative estimate of drug-likeness (QED) is 0.414. The minimum atomic E-state index is -0.176. The molecule has 4 heterocycles. The Labute approximate surface area is 224 Å². The topological polar surface area (TPSA) is 106 Å². The fourth-order valence-electron chi connectivity index (χ4n) is 4.84. The number of carbonyl (C=O) groups excluding carboxylic acids is 1. The molecule has 9 heteroatoms. The molecule has 0 radical (unpaired) electrons. The summed E-state index contributed by atoms with van der Waals surface area (Å²) in [5.41, 5.74) is 3.69. The second-order valence-corrected chi connectivity index (χ2v) is 9.91.